The van der Waals surface area contributed by atoms with Crippen LogP contribution in [0, 0.1) is 6.92 Å². The third kappa shape index (κ3) is 1.92. The van der Waals surface area contributed by atoms with Gasteiger partial charge >= 0.3 is 0 Å². The van der Waals surface area contributed by atoms with Crippen molar-refractivity contribution in [1.29, 1.82) is 0 Å². The van der Waals surface area contributed by atoms with E-state index >= 15 is 0 Å². The van der Waals surface area contributed by atoms with Crippen molar-refractivity contribution >= 4 is 21.6 Å². The molecule has 0 fully saturated rings. The van der Waals surface area contributed by atoms with E-state index in [-0.39, 0.29) is 5.41 Å². The highest BCUT2D eigenvalue weighted by atomic mass is 32.1. The molecule has 0 radical (unpaired) electrons. The minimum Gasteiger partial charge on any atom is -0.497 e. The normalized spacial score (nSPS) is 12.1. The number of aromatic nitrogens is 1. The SMILES string of the molecule is COc1cc(C)c2nc(C(C)(C)C)sc2c1. The van der Waals surface area contributed by atoms with Crippen molar-refractivity contribution in [3.63, 3.8) is 0 Å². The maximum Gasteiger partial charge on any atom is 0.120 e. The topological polar surface area (TPSA) is 22.1 Å². The van der Waals surface area contributed by atoms with Crippen molar-refractivity contribution in [2.75, 3.05) is 7.11 Å². The van der Waals surface area contributed by atoms with E-state index in [1.165, 1.54) is 15.3 Å². The van der Waals surface area contributed by atoms with Gasteiger partial charge in [0.1, 0.15) is 5.75 Å². The molecule has 0 unspecified atom stereocenters. The van der Waals surface area contributed by atoms with Gasteiger partial charge in [-0.15, -0.1) is 11.3 Å². The molecule has 86 valence electrons. The highest BCUT2D eigenvalue weighted by Crippen LogP contribution is 2.34. The van der Waals surface area contributed by atoms with Gasteiger partial charge in [-0.2, -0.15) is 0 Å². The number of benzene rings is 1. The van der Waals surface area contributed by atoms with E-state index in [4.69, 9.17) is 9.72 Å². The van der Waals surface area contributed by atoms with Crippen LogP contribution in [0.25, 0.3) is 10.2 Å². The van der Waals surface area contributed by atoms with Crippen molar-refractivity contribution < 1.29 is 4.74 Å². The summed E-state index contributed by atoms with van der Waals surface area (Å²) in [5.74, 6) is 0.911. The van der Waals surface area contributed by atoms with E-state index in [2.05, 4.69) is 33.8 Å². The average Bonchev–Trinajstić information content (AvgIpc) is 2.61. The summed E-state index contributed by atoms with van der Waals surface area (Å²) in [7, 11) is 1.70. The van der Waals surface area contributed by atoms with Crippen LogP contribution in [-0.2, 0) is 5.41 Å². The maximum absolute atomic E-state index is 5.28. The molecule has 1 aromatic carbocycles. The summed E-state index contributed by atoms with van der Waals surface area (Å²) in [4.78, 5) is 4.72. The Morgan fingerprint density at radius 1 is 1.25 bits per heavy atom. The zero-order valence-corrected chi connectivity index (χ0v) is 11.2. The van der Waals surface area contributed by atoms with E-state index in [1.807, 2.05) is 6.07 Å². The molecular formula is C13H17NOS. The number of hydrogen-bond acceptors (Lipinski definition) is 3. The molecule has 2 rings (SSSR count). The van der Waals surface area contributed by atoms with Gasteiger partial charge in [0, 0.05) is 5.41 Å². The van der Waals surface area contributed by atoms with Gasteiger partial charge in [0.05, 0.1) is 22.3 Å². The van der Waals surface area contributed by atoms with Crippen LogP contribution in [0.2, 0.25) is 0 Å². The van der Waals surface area contributed by atoms with Gasteiger partial charge < -0.3 is 4.74 Å². The molecule has 3 heteroatoms. The Balaban J connectivity index is 2.66. The Morgan fingerprint density at radius 3 is 2.50 bits per heavy atom. The summed E-state index contributed by atoms with van der Waals surface area (Å²) in [5.41, 5.74) is 2.40. The minimum absolute atomic E-state index is 0.114. The van der Waals surface area contributed by atoms with Crippen molar-refractivity contribution in [3.8, 4) is 5.75 Å². The molecule has 0 spiro atoms. The van der Waals surface area contributed by atoms with Crippen molar-refractivity contribution in [2.24, 2.45) is 0 Å². The second kappa shape index (κ2) is 3.74. The third-order valence-corrected chi connectivity index (χ3v) is 3.96. The molecule has 0 saturated carbocycles. The molecule has 0 N–H and O–H groups in total. The van der Waals surface area contributed by atoms with Crippen molar-refractivity contribution in [3.05, 3.63) is 22.7 Å². The second-order valence-corrected chi connectivity index (χ2v) is 6.09. The number of methoxy groups -OCH3 is 1. The van der Waals surface area contributed by atoms with Crippen molar-refractivity contribution in [1.82, 2.24) is 4.98 Å². The largest absolute Gasteiger partial charge is 0.497 e. The van der Waals surface area contributed by atoms with Crippen LogP contribution in [0.5, 0.6) is 5.75 Å². The summed E-state index contributed by atoms with van der Waals surface area (Å²) < 4.78 is 6.49. The number of ether oxygens (including phenoxy) is 1. The molecule has 0 saturated heterocycles. The molecular weight excluding hydrogens is 218 g/mol. The first-order valence-corrected chi connectivity index (χ1v) is 6.19. The summed E-state index contributed by atoms with van der Waals surface area (Å²) in [6.45, 7) is 8.66. The molecule has 1 heterocycles. The Bertz CT molecular complexity index is 522. The van der Waals surface area contributed by atoms with Gasteiger partial charge in [0.15, 0.2) is 0 Å². The first-order chi connectivity index (χ1) is 7.41. The Kier molecular flexibility index (Phi) is 2.66. The van der Waals surface area contributed by atoms with Crippen LogP contribution in [0.4, 0.5) is 0 Å². The Hall–Kier alpha value is -1.09. The zero-order chi connectivity index (χ0) is 11.9. The number of hydrogen-bond donors (Lipinski definition) is 0. The van der Waals surface area contributed by atoms with Crippen LogP contribution < -0.4 is 4.74 Å². The molecule has 0 bridgehead atoms. The number of nitrogens with zero attached hydrogens (tertiary/aromatic N) is 1. The van der Waals surface area contributed by atoms with Gasteiger partial charge in [-0.25, -0.2) is 4.98 Å². The first-order valence-electron chi connectivity index (χ1n) is 5.37. The minimum atomic E-state index is 0.114. The first kappa shape index (κ1) is 11.4. The summed E-state index contributed by atoms with van der Waals surface area (Å²) in [5, 5.41) is 1.18. The molecule has 0 aliphatic rings. The van der Waals surface area contributed by atoms with Gasteiger partial charge in [-0.1, -0.05) is 20.8 Å². The standard InChI is InChI=1S/C13H17NOS/c1-8-6-9(15-5)7-10-11(8)14-12(16-10)13(2,3)4/h6-7H,1-5H3. The lowest BCUT2D eigenvalue weighted by Crippen LogP contribution is -2.09. The number of thiazole rings is 1. The molecule has 2 aromatic rings. The summed E-state index contributed by atoms with van der Waals surface area (Å²) >= 11 is 1.76. The number of rotatable bonds is 1. The van der Waals surface area contributed by atoms with E-state index in [0.29, 0.717) is 0 Å². The van der Waals surface area contributed by atoms with E-state index < -0.39 is 0 Å². The Labute approximate surface area is 100 Å². The van der Waals surface area contributed by atoms with Gasteiger partial charge in [0.2, 0.25) is 0 Å². The van der Waals surface area contributed by atoms with Crippen LogP contribution in [0.1, 0.15) is 31.3 Å². The lowest BCUT2D eigenvalue weighted by Gasteiger charge is -2.13. The lowest BCUT2D eigenvalue weighted by atomic mass is 9.98. The molecule has 0 aliphatic carbocycles. The molecule has 0 amide bonds. The molecule has 2 nitrogen and oxygen atoms in total. The quantitative estimate of drug-likeness (QED) is 0.747. The fraction of sp³-hybridized carbons (Fsp3) is 0.462. The maximum atomic E-state index is 5.28. The molecule has 16 heavy (non-hydrogen) atoms. The fourth-order valence-corrected chi connectivity index (χ4v) is 2.73. The van der Waals surface area contributed by atoms with E-state index in [9.17, 15) is 0 Å². The highest BCUT2D eigenvalue weighted by molar-refractivity contribution is 7.18. The fourth-order valence-electron chi connectivity index (χ4n) is 1.60. The number of fused-ring (bicyclic) bond motifs is 1. The Morgan fingerprint density at radius 2 is 1.94 bits per heavy atom. The van der Waals surface area contributed by atoms with Crippen LogP contribution in [0.15, 0.2) is 12.1 Å². The van der Waals surface area contributed by atoms with Gasteiger partial charge in [-0.05, 0) is 24.6 Å². The third-order valence-electron chi connectivity index (χ3n) is 2.54. The van der Waals surface area contributed by atoms with Gasteiger partial charge in [-0.3, -0.25) is 0 Å². The van der Waals surface area contributed by atoms with Crippen LogP contribution in [0.3, 0.4) is 0 Å². The number of aryl methyl sites for hydroxylation is 1. The van der Waals surface area contributed by atoms with Crippen LogP contribution in [-0.4, -0.2) is 12.1 Å². The predicted molar refractivity (Wildman–Crippen MR) is 69.6 cm³/mol. The highest BCUT2D eigenvalue weighted by Gasteiger charge is 2.19. The lowest BCUT2D eigenvalue weighted by molar-refractivity contribution is 0.415. The van der Waals surface area contributed by atoms with E-state index in [0.717, 1.165) is 11.3 Å². The van der Waals surface area contributed by atoms with Crippen molar-refractivity contribution in [2.45, 2.75) is 33.1 Å². The molecule has 0 aliphatic heterocycles. The summed E-state index contributed by atoms with van der Waals surface area (Å²) in [6.07, 6.45) is 0. The molecule has 0 atom stereocenters. The predicted octanol–water partition coefficient (Wildman–Crippen LogP) is 3.91. The molecule has 1 aromatic heterocycles. The zero-order valence-electron chi connectivity index (χ0n) is 10.4. The monoisotopic (exact) mass is 235 g/mol. The summed E-state index contributed by atoms with van der Waals surface area (Å²) in [6, 6.07) is 4.10. The average molecular weight is 235 g/mol. The van der Waals surface area contributed by atoms with E-state index in [1.54, 1.807) is 18.4 Å². The second-order valence-electron chi connectivity index (χ2n) is 5.06. The van der Waals surface area contributed by atoms with Gasteiger partial charge in [0.25, 0.3) is 0 Å². The smallest absolute Gasteiger partial charge is 0.120 e. The van der Waals surface area contributed by atoms with Crippen LogP contribution >= 0.6 is 11.3 Å².